The van der Waals surface area contributed by atoms with Crippen LogP contribution in [0.2, 0.25) is 0 Å². The molecular weight excluding hydrogens is 228 g/mol. The Balaban J connectivity index is 2.65. The van der Waals surface area contributed by atoms with Gasteiger partial charge < -0.3 is 10.6 Å². The molecular formula is C13H18N4O. The molecule has 0 saturated carbocycles. The summed E-state index contributed by atoms with van der Waals surface area (Å²) in [6.45, 7) is 4.48. The van der Waals surface area contributed by atoms with Crippen LogP contribution in [-0.2, 0) is 0 Å². The normalized spacial score (nSPS) is 11.4. The Morgan fingerprint density at radius 2 is 2.22 bits per heavy atom. The minimum atomic E-state index is -0.224. The molecule has 0 aliphatic heterocycles. The molecule has 1 rings (SSSR count). The van der Waals surface area contributed by atoms with Gasteiger partial charge in [0.15, 0.2) is 5.69 Å². The predicted octanol–water partition coefficient (Wildman–Crippen LogP) is 1.44. The minimum absolute atomic E-state index is 0.0559. The molecule has 5 heteroatoms. The van der Waals surface area contributed by atoms with Crippen LogP contribution in [0.4, 0.5) is 5.82 Å². The number of aromatic nitrogens is 2. The summed E-state index contributed by atoms with van der Waals surface area (Å²) in [4.78, 5) is 11.5. The van der Waals surface area contributed by atoms with Crippen molar-refractivity contribution in [3.05, 3.63) is 17.8 Å². The third kappa shape index (κ3) is 4.06. The monoisotopic (exact) mass is 246 g/mol. The van der Waals surface area contributed by atoms with E-state index in [9.17, 15) is 4.79 Å². The van der Waals surface area contributed by atoms with Crippen LogP contribution >= 0.6 is 0 Å². The number of anilines is 1. The molecule has 0 saturated heterocycles. The van der Waals surface area contributed by atoms with E-state index in [-0.39, 0.29) is 11.9 Å². The Morgan fingerprint density at radius 3 is 2.72 bits per heavy atom. The number of hydrogen-bond acceptors (Lipinski definition) is 4. The zero-order valence-corrected chi connectivity index (χ0v) is 10.7. The first-order chi connectivity index (χ1) is 8.71. The molecule has 18 heavy (non-hydrogen) atoms. The van der Waals surface area contributed by atoms with Crippen molar-refractivity contribution in [1.82, 2.24) is 15.5 Å². The summed E-state index contributed by atoms with van der Waals surface area (Å²) >= 11 is 0. The molecule has 1 aromatic heterocycles. The lowest BCUT2D eigenvalue weighted by Gasteiger charge is -2.11. The fourth-order valence-corrected chi connectivity index (χ4v) is 1.45. The summed E-state index contributed by atoms with van der Waals surface area (Å²) in [7, 11) is 0. The molecule has 2 N–H and O–H groups in total. The van der Waals surface area contributed by atoms with E-state index in [1.807, 2.05) is 6.92 Å². The van der Waals surface area contributed by atoms with Crippen LogP contribution in [-0.4, -0.2) is 28.7 Å². The Labute approximate surface area is 107 Å². The van der Waals surface area contributed by atoms with E-state index >= 15 is 0 Å². The maximum Gasteiger partial charge on any atom is 0.271 e. The van der Waals surface area contributed by atoms with Crippen LogP contribution < -0.4 is 10.6 Å². The second-order valence-corrected chi connectivity index (χ2v) is 3.82. The molecule has 0 aliphatic carbocycles. The van der Waals surface area contributed by atoms with E-state index in [0.717, 1.165) is 12.8 Å². The van der Waals surface area contributed by atoms with Gasteiger partial charge in [0.1, 0.15) is 5.82 Å². The van der Waals surface area contributed by atoms with Crippen LogP contribution in [0.3, 0.4) is 0 Å². The maximum absolute atomic E-state index is 11.5. The highest BCUT2D eigenvalue weighted by atomic mass is 16.1. The van der Waals surface area contributed by atoms with Crippen molar-refractivity contribution < 1.29 is 4.79 Å². The van der Waals surface area contributed by atoms with Gasteiger partial charge in [0.25, 0.3) is 5.91 Å². The zero-order chi connectivity index (χ0) is 13.4. The molecule has 0 spiro atoms. The molecule has 96 valence electrons. The van der Waals surface area contributed by atoms with Crippen LogP contribution in [0.25, 0.3) is 0 Å². The topological polar surface area (TPSA) is 66.9 Å². The van der Waals surface area contributed by atoms with Crippen molar-refractivity contribution in [1.29, 1.82) is 0 Å². The highest BCUT2D eigenvalue weighted by Gasteiger charge is 2.08. The van der Waals surface area contributed by atoms with Crippen LogP contribution in [0.15, 0.2) is 12.1 Å². The van der Waals surface area contributed by atoms with E-state index < -0.39 is 0 Å². The van der Waals surface area contributed by atoms with Gasteiger partial charge in [-0.15, -0.1) is 16.6 Å². The fraction of sp³-hybridized carbons (Fsp3) is 0.462. The van der Waals surface area contributed by atoms with E-state index in [1.54, 1.807) is 12.1 Å². The lowest BCUT2D eigenvalue weighted by atomic mass is 10.2. The first kappa shape index (κ1) is 14.0. The Bertz CT molecular complexity index is 422. The molecule has 0 radical (unpaired) electrons. The van der Waals surface area contributed by atoms with E-state index in [0.29, 0.717) is 18.1 Å². The molecule has 0 aliphatic rings. The third-order valence-electron chi connectivity index (χ3n) is 2.34. The second kappa shape index (κ2) is 7.28. The number of carbonyl (C=O) groups is 1. The summed E-state index contributed by atoms with van der Waals surface area (Å²) in [5.41, 5.74) is 0.301. The average molecular weight is 246 g/mol. The van der Waals surface area contributed by atoms with Crippen molar-refractivity contribution in [3.63, 3.8) is 0 Å². The van der Waals surface area contributed by atoms with Crippen LogP contribution in [0.5, 0.6) is 0 Å². The Kier molecular flexibility index (Phi) is 5.65. The summed E-state index contributed by atoms with van der Waals surface area (Å²) in [6, 6.07) is 3.27. The number of hydrogen-bond donors (Lipinski definition) is 2. The zero-order valence-electron chi connectivity index (χ0n) is 10.7. The van der Waals surface area contributed by atoms with Gasteiger partial charge in [-0.05, 0) is 25.5 Å². The van der Waals surface area contributed by atoms with Crippen molar-refractivity contribution in [3.8, 4) is 12.3 Å². The van der Waals surface area contributed by atoms with Gasteiger partial charge in [-0.3, -0.25) is 4.79 Å². The Morgan fingerprint density at radius 1 is 1.44 bits per heavy atom. The SMILES string of the molecule is C#CC(CCC)Nc1ccc(C(=O)NCC)nn1. The molecule has 1 aromatic rings. The quantitative estimate of drug-likeness (QED) is 0.745. The predicted molar refractivity (Wildman–Crippen MR) is 71.2 cm³/mol. The summed E-state index contributed by atoms with van der Waals surface area (Å²) in [5, 5.41) is 13.5. The van der Waals surface area contributed by atoms with E-state index in [2.05, 4.69) is 33.7 Å². The number of terminal acetylenes is 1. The van der Waals surface area contributed by atoms with E-state index in [1.165, 1.54) is 0 Å². The molecule has 1 amide bonds. The summed E-state index contributed by atoms with van der Waals surface area (Å²) in [6.07, 6.45) is 7.26. The van der Waals surface area contributed by atoms with E-state index in [4.69, 9.17) is 6.42 Å². The van der Waals surface area contributed by atoms with Gasteiger partial charge in [0.2, 0.25) is 0 Å². The average Bonchev–Trinajstić information content (AvgIpc) is 2.39. The highest BCUT2D eigenvalue weighted by Crippen LogP contribution is 2.07. The molecule has 1 atom stereocenters. The number of amides is 1. The third-order valence-corrected chi connectivity index (χ3v) is 2.34. The van der Waals surface area contributed by atoms with Crippen molar-refractivity contribution in [2.45, 2.75) is 32.7 Å². The minimum Gasteiger partial charge on any atom is -0.355 e. The largest absolute Gasteiger partial charge is 0.355 e. The molecule has 1 unspecified atom stereocenters. The van der Waals surface area contributed by atoms with Gasteiger partial charge in [0, 0.05) is 6.54 Å². The maximum atomic E-state index is 11.5. The second-order valence-electron chi connectivity index (χ2n) is 3.82. The molecule has 0 fully saturated rings. The number of nitrogens with one attached hydrogen (secondary N) is 2. The van der Waals surface area contributed by atoms with Gasteiger partial charge in [-0.1, -0.05) is 19.3 Å². The number of rotatable bonds is 6. The first-order valence-electron chi connectivity index (χ1n) is 6.05. The van der Waals surface area contributed by atoms with Crippen LogP contribution in [0, 0.1) is 12.3 Å². The van der Waals surface area contributed by atoms with Gasteiger partial charge in [-0.2, -0.15) is 0 Å². The lowest BCUT2D eigenvalue weighted by molar-refractivity contribution is 0.0950. The van der Waals surface area contributed by atoms with Gasteiger partial charge >= 0.3 is 0 Å². The summed E-state index contributed by atoms with van der Waals surface area (Å²) in [5.74, 6) is 3.01. The highest BCUT2D eigenvalue weighted by molar-refractivity contribution is 5.92. The standard InChI is InChI=1S/C13H18N4O/c1-4-7-10(5-2)15-12-9-8-11(16-17-12)13(18)14-6-3/h2,8-10H,4,6-7H2,1,3H3,(H,14,18)(H,15,17). The molecule has 1 heterocycles. The van der Waals surface area contributed by atoms with Gasteiger partial charge in [-0.25, -0.2) is 0 Å². The van der Waals surface area contributed by atoms with Crippen molar-refractivity contribution in [2.24, 2.45) is 0 Å². The number of carbonyl (C=O) groups excluding carboxylic acids is 1. The Hall–Kier alpha value is -2.09. The molecule has 5 nitrogen and oxygen atoms in total. The van der Waals surface area contributed by atoms with Crippen LogP contribution in [0.1, 0.15) is 37.2 Å². The molecule has 0 bridgehead atoms. The smallest absolute Gasteiger partial charge is 0.271 e. The number of nitrogens with zero attached hydrogens (tertiary/aromatic N) is 2. The summed E-state index contributed by atoms with van der Waals surface area (Å²) < 4.78 is 0. The van der Waals surface area contributed by atoms with Crippen molar-refractivity contribution >= 4 is 11.7 Å². The fourth-order valence-electron chi connectivity index (χ4n) is 1.45. The molecule has 0 aromatic carbocycles. The van der Waals surface area contributed by atoms with Crippen molar-refractivity contribution in [2.75, 3.05) is 11.9 Å². The lowest BCUT2D eigenvalue weighted by Crippen LogP contribution is -2.24. The first-order valence-corrected chi connectivity index (χ1v) is 6.05. The van der Waals surface area contributed by atoms with Gasteiger partial charge in [0.05, 0.1) is 6.04 Å².